The summed E-state index contributed by atoms with van der Waals surface area (Å²) in [6, 6.07) is 0. The molecule has 3 nitrogen and oxygen atoms in total. The molecule has 0 saturated heterocycles. The zero-order valence-electron chi connectivity index (χ0n) is 15.1. The average molecular weight is 335 g/mol. The summed E-state index contributed by atoms with van der Waals surface area (Å²) in [4.78, 5) is 14.2. The third-order valence-electron chi connectivity index (χ3n) is 3.46. The van der Waals surface area contributed by atoms with Gasteiger partial charge in [0.15, 0.2) is 0 Å². The number of hydrogen-bond donors (Lipinski definition) is 0. The Morgan fingerprint density at radius 1 is 1.17 bits per heavy atom. The Morgan fingerprint density at radius 2 is 1.87 bits per heavy atom. The number of carbonyl (C=O) groups is 1. The van der Waals surface area contributed by atoms with E-state index in [0.717, 1.165) is 31.2 Å². The first kappa shape index (κ1) is 21.6. The number of nitrogens with zero attached hydrogens (tertiary/aromatic N) is 2. The number of rotatable bonds is 11. The minimum atomic E-state index is -0.134. The average Bonchev–Trinajstić information content (AvgIpc) is 2.46. The van der Waals surface area contributed by atoms with Gasteiger partial charge in [0, 0.05) is 17.4 Å². The van der Waals surface area contributed by atoms with Gasteiger partial charge in [-0.2, -0.15) is 16.6 Å². The van der Waals surface area contributed by atoms with Crippen molar-refractivity contribution in [3.63, 3.8) is 0 Å². The van der Waals surface area contributed by atoms with Gasteiger partial charge in [-0.25, -0.2) is 0 Å². The Balaban J connectivity index is 4.63. The maximum atomic E-state index is 11.4. The highest BCUT2D eigenvalue weighted by Gasteiger charge is 2.10. The molecule has 0 aliphatic heterocycles. The fourth-order valence-corrected chi connectivity index (χ4v) is 3.36. The highest BCUT2D eigenvalue weighted by Crippen LogP contribution is 2.23. The molecule has 128 valence electrons. The summed E-state index contributed by atoms with van der Waals surface area (Å²) in [5.74, 6) is 0.607. The van der Waals surface area contributed by atoms with Gasteiger partial charge in [-0.1, -0.05) is 34.9 Å². The number of Topliss-reactive ketones (excluding diaryl/α,β-unsaturated/α-hetero) is 1. The van der Waals surface area contributed by atoms with E-state index < -0.39 is 0 Å². The molecule has 1 unspecified atom stereocenters. The van der Waals surface area contributed by atoms with Gasteiger partial charge in [0.25, 0.3) is 0 Å². The Labute approximate surface area is 145 Å². The van der Waals surface area contributed by atoms with Crippen LogP contribution in [0.4, 0.5) is 0 Å². The predicted molar refractivity (Wildman–Crippen MR) is 102 cm³/mol. The number of allylic oxidation sites excluding steroid dienone is 5. The molecule has 0 spiro atoms. The van der Waals surface area contributed by atoms with Crippen LogP contribution >= 0.6 is 11.8 Å². The maximum absolute atomic E-state index is 11.4. The van der Waals surface area contributed by atoms with Gasteiger partial charge in [0.1, 0.15) is 0 Å². The van der Waals surface area contributed by atoms with Gasteiger partial charge in [-0.15, -0.1) is 0 Å². The van der Waals surface area contributed by atoms with Crippen LogP contribution in [-0.4, -0.2) is 27.8 Å². The molecule has 0 radical (unpaired) electrons. The molecular weight excluding hydrogens is 304 g/mol. The highest BCUT2D eigenvalue weighted by atomic mass is 32.2. The van der Waals surface area contributed by atoms with Crippen LogP contribution in [0.25, 0.3) is 5.53 Å². The Morgan fingerprint density at radius 3 is 2.43 bits per heavy atom. The van der Waals surface area contributed by atoms with Crippen molar-refractivity contribution in [1.82, 2.24) is 0 Å². The number of carbonyl (C=O) groups excluding carboxylic acids is 1. The zero-order valence-corrected chi connectivity index (χ0v) is 15.9. The Hall–Kier alpha value is -1.38. The fraction of sp³-hybridized carbons (Fsp3) is 0.579. The van der Waals surface area contributed by atoms with Crippen molar-refractivity contribution in [2.75, 3.05) is 5.75 Å². The molecule has 0 aromatic carbocycles. The smallest absolute Gasteiger partial charge is 0.323 e. The van der Waals surface area contributed by atoms with Crippen molar-refractivity contribution in [3.05, 3.63) is 40.5 Å². The van der Waals surface area contributed by atoms with Gasteiger partial charge < -0.3 is 5.53 Å². The molecule has 0 bridgehead atoms. The van der Waals surface area contributed by atoms with Crippen LogP contribution in [0.2, 0.25) is 0 Å². The van der Waals surface area contributed by atoms with E-state index in [0.29, 0.717) is 11.7 Å². The van der Waals surface area contributed by atoms with Gasteiger partial charge in [0.2, 0.25) is 5.78 Å². The standard InChI is InChI=1S/C19H30N2OS/c1-6-16(4)12-19(23-11-10-18(22)14-21-20)13-17(5)9-7-8-15(2)3/h6,8,13-14,19H,7,9-12H2,1-5H3. The molecule has 0 N–H and O–H groups in total. The first-order valence-electron chi connectivity index (χ1n) is 8.13. The van der Waals surface area contributed by atoms with Crippen LogP contribution in [-0.2, 0) is 4.79 Å². The molecular formula is C19H30N2OS. The molecule has 4 heteroatoms. The number of hydrogen-bond acceptors (Lipinski definition) is 2. The SMILES string of the molecule is CC=C(C)CC(C=C(C)CCC=C(C)C)SCCC(=O)C=[N+]=[N-]. The van der Waals surface area contributed by atoms with Crippen molar-refractivity contribution >= 4 is 23.8 Å². The van der Waals surface area contributed by atoms with E-state index in [-0.39, 0.29) is 5.78 Å². The van der Waals surface area contributed by atoms with Crippen LogP contribution in [0.5, 0.6) is 0 Å². The lowest BCUT2D eigenvalue weighted by molar-refractivity contribution is -0.115. The van der Waals surface area contributed by atoms with Crippen LogP contribution in [0.1, 0.15) is 60.3 Å². The summed E-state index contributed by atoms with van der Waals surface area (Å²) in [6.45, 7) is 10.6. The fourth-order valence-electron chi connectivity index (χ4n) is 2.03. The molecule has 0 amide bonds. The Bertz CT molecular complexity index is 507. The minimum absolute atomic E-state index is 0.134. The van der Waals surface area contributed by atoms with Crippen LogP contribution in [0.3, 0.4) is 0 Å². The van der Waals surface area contributed by atoms with Crippen molar-refractivity contribution in [2.45, 2.75) is 65.6 Å². The van der Waals surface area contributed by atoms with E-state index in [4.69, 9.17) is 5.53 Å². The predicted octanol–water partition coefficient (Wildman–Crippen LogP) is 5.40. The van der Waals surface area contributed by atoms with Crippen molar-refractivity contribution in [1.29, 1.82) is 0 Å². The van der Waals surface area contributed by atoms with Gasteiger partial charge in [-0.3, -0.25) is 4.79 Å². The van der Waals surface area contributed by atoms with Gasteiger partial charge >= 0.3 is 6.21 Å². The number of thioether (sulfide) groups is 1. The van der Waals surface area contributed by atoms with Gasteiger partial charge in [-0.05, 0) is 53.9 Å². The molecule has 0 heterocycles. The van der Waals surface area contributed by atoms with E-state index in [2.05, 4.69) is 57.6 Å². The lowest BCUT2D eigenvalue weighted by Gasteiger charge is -2.14. The summed E-state index contributed by atoms with van der Waals surface area (Å²) in [7, 11) is 0. The van der Waals surface area contributed by atoms with E-state index in [9.17, 15) is 4.79 Å². The minimum Gasteiger partial charge on any atom is -0.361 e. The lowest BCUT2D eigenvalue weighted by Crippen LogP contribution is -2.06. The molecule has 1 atom stereocenters. The van der Waals surface area contributed by atoms with Crippen molar-refractivity contribution in [3.8, 4) is 0 Å². The number of ketones is 1. The summed E-state index contributed by atoms with van der Waals surface area (Å²) < 4.78 is 0. The topological polar surface area (TPSA) is 53.5 Å². The van der Waals surface area contributed by atoms with Crippen LogP contribution in [0.15, 0.2) is 34.9 Å². The monoisotopic (exact) mass is 334 g/mol. The normalized spacial score (nSPS) is 13.3. The second kappa shape index (κ2) is 13.1. The van der Waals surface area contributed by atoms with E-state index in [1.807, 2.05) is 0 Å². The third-order valence-corrected chi connectivity index (χ3v) is 4.63. The quantitative estimate of drug-likeness (QED) is 0.220. The van der Waals surface area contributed by atoms with Crippen LogP contribution < -0.4 is 0 Å². The first-order chi connectivity index (χ1) is 10.9. The van der Waals surface area contributed by atoms with E-state index in [1.165, 1.54) is 16.7 Å². The van der Waals surface area contributed by atoms with Gasteiger partial charge in [0.05, 0.1) is 0 Å². The largest absolute Gasteiger partial charge is 0.361 e. The third kappa shape index (κ3) is 12.8. The molecule has 0 aliphatic carbocycles. The zero-order chi connectivity index (χ0) is 17.7. The highest BCUT2D eigenvalue weighted by molar-refractivity contribution is 8.00. The van der Waals surface area contributed by atoms with Crippen molar-refractivity contribution < 1.29 is 9.58 Å². The molecule has 0 fully saturated rings. The lowest BCUT2D eigenvalue weighted by atomic mass is 10.1. The van der Waals surface area contributed by atoms with Crippen LogP contribution in [0, 0.1) is 0 Å². The van der Waals surface area contributed by atoms with Crippen molar-refractivity contribution in [2.24, 2.45) is 0 Å². The maximum Gasteiger partial charge on any atom is 0.323 e. The van der Waals surface area contributed by atoms with E-state index >= 15 is 0 Å². The molecule has 23 heavy (non-hydrogen) atoms. The summed E-state index contributed by atoms with van der Waals surface area (Å²) in [5, 5.41) is 0.386. The second-order valence-electron chi connectivity index (χ2n) is 6.04. The summed E-state index contributed by atoms with van der Waals surface area (Å²) in [5.41, 5.74) is 12.5. The second-order valence-corrected chi connectivity index (χ2v) is 7.39. The molecule has 0 aromatic rings. The molecule has 0 rings (SSSR count). The summed E-state index contributed by atoms with van der Waals surface area (Å²) in [6.07, 6.45) is 11.3. The molecule has 0 aromatic heterocycles. The molecule has 0 saturated carbocycles. The first-order valence-corrected chi connectivity index (χ1v) is 9.18. The Kier molecular flexibility index (Phi) is 12.3. The summed E-state index contributed by atoms with van der Waals surface area (Å²) >= 11 is 1.79. The van der Waals surface area contributed by atoms with E-state index in [1.54, 1.807) is 11.8 Å². The molecule has 0 aliphatic rings.